The van der Waals surface area contributed by atoms with Crippen LogP contribution in [0.2, 0.25) is 0 Å². The van der Waals surface area contributed by atoms with Crippen molar-refractivity contribution in [2.24, 2.45) is 7.05 Å². The summed E-state index contributed by atoms with van der Waals surface area (Å²) >= 11 is 0. The number of hydrogen-bond acceptors (Lipinski definition) is 4. The zero-order chi connectivity index (χ0) is 13.3. The van der Waals surface area contributed by atoms with Crippen molar-refractivity contribution >= 4 is 16.9 Å². The highest BCUT2D eigenvalue weighted by Crippen LogP contribution is 2.14. The fraction of sp³-hybridized carbons (Fsp3) is 0.417. The second-order valence-corrected chi connectivity index (χ2v) is 4.45. The molecule has 0 saturated carbocycles. The predicted molar refractivity (Wildman–Crippen MR) is 67.2 cm³/mol. The standard InChI is InChI=1S/C12H16N4O2/c1-8(17)7-15(2)12(18)9-4-5-10-11(6-9)16(3)14-13-10/h4-6,8,17H,7H2,1-3H3/t8-/m0/s1. The van der Waals surface area contributed by atoms with E-state index in [4.69, 9.17) is 0 Å². The molecule has 6 nitrogen and oxygen atoms in total. The molecule has 96 valence electrons. The molecule has 1 heterocycles. The maximum absolute atomic E-state index is 12.1. The number of aromatic nitrogens is 3. The third-order valence-corrected chi connectivity index (χ3v) is 2.74. The first kappa shape index (κ1) is 12.5. The van der Waals surface area contributed by atoms with Crippen molar-refractivity contribution in [1.82, 2.24) is 19.9 Å². The van der Waals surface area contributed by atoms with Crippen LogP contribution in [0, 0.1) is 0 Å². The topological polar surface area (TPSA) is 71.2 Å². The third-order valence-electron chi connectivity index (χ3n) is 2.74. The summed E-state index contributed by atoms with van der Waals surface area (Å²) < 4.78 is 1.63. The normalized spacial score (nSPS) is 12.7. The first-order valence-electron chi connectivity index (χ1n) is 5.72. The third kappa shape index (κ3) is 2.33. The molecular weight excluding hydrogens is 232 g/mol. The number of likely N-dealkylation sites (N-methyl/N-ethyl adjacent to an activating group) is 1. The Balaban J connectivity index is 2.30. The lowest BCUT2D eigenvalue weighted by Crippen LogP contribution is -2.33. The van der Waals surface area contributed by atoms with Crippen molar-refractivity contribution in [2.75, 3.05) is 13.6 Å². The molecule has 2 rings (SSSR count). The Morgan fingerprint density at radius 3 is 2.94 bits per heavy atom. The molecule has 18 heavy (non-hydrogen) atoms. The number of aryl methyl sites for hydroxylation is 1. The van der Waals surface area contributed by atoms with Gasteiger partial charge < -0.3 is 10.0 Å². The Kier molecular flexibility index (Phi) is 3.29. The van der Waals surface area contributed by atoms with Gasteiger partial charge in [0.25, 0.3) is 5.91 Å². The number of hydrogen-bond donors (Lipinski definition) is 1. The van der Waals surface area contributed by atoms with E-state index in [1.807, 2.05) is 0 Å². The lowest BCUT2D eigenvalue weighted by atomic mass is 10.1. The van der Waals surface area contributed by atoms with Crippen molar-refractivity contribution in [1.29, 1.82) is 0 Å². The van der Waals surface area contributed by atoms with Gasteiger partial charge in [0.1, 0.15) is 5.52 Å². The summed E-state index contributed by atoms with van der Waals surface area (Å²) in [4.78, 5) is 13.6. The first-order chi connectivity index (χ1) is 8.49. The van der Waals surface area contributed by atoms with Crippen LogP contribution in [0.5, 0.6) is 0 Å². The second-order valence-electron chi connectivity index (χ2n) is 4.45. The molecule has 1 N–H and O–H groups in total. The molecule has 0 aliphatic rings. The molecule has 0 aliphatic carbocycles. The van der Waals surface area contributed by atoms with E-state index in [1.54, 1.807) is 43.9 Å². The highest BCUT2D eigenvalue weighted by molar-refractivity contribution is 5.97. The summed E-state index contributed by atoms with van der Waals surface area (Å²) in [5.41, 5.74) is 2.13. The van der Waals surface area contributed by atoms with E-state index in [-0.39, 0.29) is 5.91 Å². The molecule has 6 heteroatoms. The number of amides is 1. The maximum Gasteiger partial charge on any atom is 0.253 e. The Morgan fingerprint density at radius 2 is 2.28 bits per heavy atom. The van der Waals surface area contributed by atoms with E-state index in [2.05, 4.69) is 10.3 Å². The van der Waals surface area contributed by atoms with E-state index in [0.717, 1.165) is 11.0 Å². The minimum atomic E-state index is -0.541. The fourth-order valence-electron chi connectivity index (χ4n) is 1.86. The summed E-state index contributed by atoms with van der Waals surface area (Å²) in [6, 6.07) is 5.25. The number of rotatable bonds is 3. The molecule has 0 aliphatic heterocycles. The van der Waals surface area contributed by atoms with Gasteiger partial charge in [-0.1, -0.05) is 5.21 Å². The van der Waals surface area contributed by atoms with Gasteiger partial charge in [0, 0.05) is 26.2 Å². The van der Waals surface area contributed by atoms with E-state index < -0.39 is 6.10 Å². The molecule has 0 bridgehead atoms. The molecule has 1 amide bonds. The zero-order valence-corrected chi connectivity index (χ0v) is 10.7. The maximum atomic E-state index is 12.1. The van der Waals surface area contributed by atoms with Gasteiger partial charge in [0.05, 0.1) is 11.6 Å². The number of fused-ring (bicyclic) bond motifs is 1. The molecule has 0 fully saturated rings. The Labute approximate surface area is 105 Å². The number of aliphatic hydroxyl groups excluding tert-OH is 1. The lowest BCUT2D eigenvalue weighted by molar-refractivity contribution is 0.0704. The Bertz CT molecular complexity index is 576. The SMILES string of the molecule is C[C@H](O)CN(C)C(=O)c1ccc2nnn(C)c2c1. The predicted octanol–water partition coefficient (Wildman–Crippen LogP) is 0.421. The first-order valence-corrected chi connectivity index (χ1v) is 5.72. The molecular formula is C12H16N4O2. The molecule has 0 saturated heterocycles. The van der Waals surface area contributed by atoms with E-state index in [0.29, 0.717) is 12.1 Å². The summed E-state index contributed by atoms with van der Waals surface area (Å²) in [6.07, 6.45) is -0.541. The molecule has 1 atom stereocenters. The number of carbonyl (C=O) groups excluding carboxylic acids is 1. The molecule has 0 radical (unpaired) electrons. The van der Waals surface area contributed by atoms with Crippen LogP contribution in [0.15, 0.2) is 18.2 Å². The largest absolute Gasteiger partial charge is 0.392 e. The van der Waals surface area contributed by atoms with Crippen LogP contribution in [-0.4, -0.2) is 50.6 Å². The highest BCUT2D eigenvalue weighted by Gasteiger charge is 2.14. The quantitative estimate of drug-likeness (QED) is 0.854. The van der Waals surface area contributed by atoms with Gasteiger partial charge in [-0.05, 0) is 25.1 Å². The summed E-state index contributed by atoms with van der Waals surface area (Å²) in [7, 11) is 3.45. The molecule has 1 aromatic heterocycles. The van der Waals surface area contributed by atoms with Crippen LogP contribution >= 0.6 is 0 Å². The van der Waals surface area contributed by atoms with Crippen LogP contribution < -0.4 is 0 Å². The van der Waals surface area contributed by atoms with Gasteiger partial charge in [0.15, 0.2) is 0 Å². The van der Waals surface area contributed by atoms with Crippen LogP contribution in [0.4, 0.5) is 0 Å². The molecule has 0 unspecified atom stereocenters. The van der Waals surface area contributed by atoms with Crippen molar-refractivity contribution in [2.45, 2.75) is 13.0 Å². The summed E-state index contributed by atoms with van der Waals surface area (Å²) in [5, 5.41) is 17.1. The van der Waals surface area contributed by atoms with Crippen LogP contribution in [-0.2, 0) is 7.05 Å². The minimum Gasteiger partial charge on any atom is -0.392 e. The summed E-state index contributed by atoms with van der Waals surface area (Å²) in [5.74, 6) is -0.126. The van der Waals surface area contributed by atoms with Crippen molar-refractivity contribution in [3.8, 4) is 0 Å². The van der Waals surface area contributed by atoms with E-state index in [9.17, 15) is 9.90 Å². The number of nitrogens with zero attached hydrogens (tertiary/aromatic N) is 4. The molecule has 0 spiro atoms. The monoisotopic (exact) mass is 248 g/mol. The zero-order valence-electron chi connectivity index (χ0n) is 10.7. The van der Waals surface area contributed by atoms with Crippen LogP contribution in [0.1, 0.15) is 17.3 Å². The van der Waals surface area contributed by atoms with E-state index in [1.165, 1.54) is 4.90 Å². The molecule has 2 aromatic rings. The number of carbonyl (C=O) groups is 1. The lowest BCUT2D eigenvalue weighted by Gasteiger charge is -2.18. The van der Waals surface area contributed by atoms with Crippen molar-refractivity contribution in [3.05, 3.63) is 23.8 Å². The van der Waals surface area contributed by atoms with Gasteiger partial charge >= 0.3 is 0 Å². The fourth-order valence-corrected chi connectivity index (χ4v) is 1.86. The van der Waals surface area contributed by atoms with Crippen LogP contribution in [0.25, 0.3) is 11.0 Å². The van der Waals surface area contributed by atoms with Gasteiger partial charge in [-0.2, -0.15) is 0 Å². The van der Waals surface area contributed by atoms with Crippen LogP contribution in [0.3, 0.4) is 0 Å². The van der Waals surface area contributed by atoms with Crippen molar-refractivity contribution in [3.63, 3.8) is 0 Å². The number of benzene rings is 1. The van der Waals surface area contributed by atoms with Gasteiger partial charge in [0.2, 0.25) is 0 Å². The molecule has 1 aromatic carbocycles. The van der Waals surface area contributed by atoms with Gasteiger partial charge in [-0.25, -0.2) is 4.68 Å². The smallest absolute Gasteiger partial charge is 0.253 e. The summed E-state index contributed by atoms with van der Waals surface area (Å²) in [6.45, 7) is 1.96. The Hall–Kier alpha value is -1.95. The van der Waals surface area contributed by atoms with Gasteiger partial charge in [-0.3, -0.25) is 4.79 Å². The Morgan fingerprint density at radius 1 is 1.56 bits per heavy atom. The number of aliphatic hydroxyl groups is 1. The van der Waals surface area contributed by atoms with Crippen molar-refractivity contribution < 1.29 is 9.90 Å². The highest BCUT2D eigenvalue weighted by atomic mass is 16.3. The van der Waals surface area contributed by atoms with E-state index >= 15 is 0 Å². The minimum absolute atomic E-state index is 0.126. The second kappa shape index (κ2) is 4.73. The van der Waals surface area contributed by atoms with Gasteiger partial charge in [-0.15, -0.1) is 5.10 Å². The average molecular weight is 248 g/mol. The average Bonchev–Trinajstić information content (AvgIpc) is 2.69.